The van der Waals surface area contributed by atoms with Gasteiger partial charge in [-0.3, -0.25) is 0 Å². The average molecular weight is 310 g/mol. The van der Waals surface area contributed by atoms with E-state index in [1.807, 2.05) is 38.1 Å². The Morgan fingerprint density at radius 1 is 1.10 bits per heavy atom. The maximum atomic E-state index is 13.7. The molecule has 0 aliphatic rings. The highest BCUT2D eigenvalue weighted by Crippen LogP contribution is 2.20. The fourth-order valence-electron chi connectivity index (χ4n) is 2.45. The van der Waals surface area contributed by atoms with Crippen LogP contribution in [-0.4, -0.2) is 6.04 Å². The zero-order valence-corrected chi connectivity index (χ0v) is 12.8. The van der Waals surface area contributed by atoms with Crippen molar-refractivity contribution in [3.8, 4) is 0 Å². The molecule has 4 heteroatoms. The highest BCUT2D eigenvalue weighted by molar-refractivity contribution is 6.30. The van der Waals surface area contributed by atoms with Crippen LogP contribution in [0.5, 0.6) is 0 Å². The van der Waals surface area contributed by atoms with Gasteiger partial charge in [-0.1, -0.05) is 35.9 Å². The summed E-state index contributed by atoms with van der Waals surface area (Å²) < 4.78 is 27.0. The van der Waals surface area contributed by atoms with E-state index in [2.05, 4.69) is 5.32 Å². The molecule has 2 aromatic rings. The van der Waals surface area contributed by atoms with E-state index in [0.29, 0.717) is 10.6 Å². The Morgan fingerprint density at radius 2 is 1.81 bits per heavy atom. The molecule has 2 aromatic carbocycles. The van der Waals surface area contributed by atoms with Crippen molar-refractivity contribution < 1.29 is 8.78 Å². The third kappa shape index (κ3) is 4.26. The molecule has 0 saturated heterocycles. The minimum absolute atomic E-state index is 0.112. The van der Waals surface area contributed by atoms with E-state index in [-0.39, 0.29) is 12.1 Å². The third-order valence-corrected chi connectivity index (χ3v) is 3.65. The van der Waals surface area contributed by atoms with E-state index in [1.54, 1.807) is 6.07 Å². The molecule has 2 atom stereocenters. The molecule has 112 valence electrons. The van der Waals surface area contributed by atoms with Crippen molar-refractivity contribution in [1.29, 1.82) is 0 Å². The van der Waals surface area contributed by atoms with Crippen molar-refractivity contribution in [3.63, 3.8) is 0 Å². The second-order valence-corrected chi connectivity index (χ2v) is 5.70. The minimum Gasteiger partial charge on any atom is -0.307 e. The molecule has 2 unspecified atom stereocenters. The summed E-state index contributed by atoms with van der Waals surface area (Å²) in [4.78, 5) is 0. The summed E-state index contributed by atoms with van der Waals surface area (Å²) in [6.45, 7) is 3.83. The SMILES string of the molecule is CC(Cc1cccc(Cl)c1)NC(C)c1cccc(F)c1F. The second-order valence-electron chi connectivity index (χ2n) is 5.27. The van der Waals surface area contributed by atoms with Gasteiger partial charge in [-0.15, -0.1) is 0 Å². The molecule has 0 aliphatic heterocycles. The first-order chi connectivity index (χ1) is 9.97. The van der Waals surface area contributed by atoms with Crippen LogP contribution < -0.4 is 5.32 Å². The molecule has 2 rings (SSSR count). The van der Waals surface area contributed by atoms with Crippen LogP contribution in [0.1, 0.15) is 31.0 Å². The van der Waals surface area contributed by atoms with Gasteiger partial charge in [-0.2, -0.15) is 0 Å². The number of nitrogens with one attached hydrogen (secondary N) is 1. The van der Waals surface area contributed by atoms with E-state index in [1.165, 1.54) is 6.07 Å². The lowest BCUT2D eigenvalue weighted by molar-refractivity contribution is 0.441. The van der Waals surface area contributed by atoms with Gasteiger partial charge < -0.3 is 5.32 Å². The topological polar surface area (TPSA) is 12.0 Å². The molecule has 0 bridgehead atoms. The predicted octanol–water partition coefficient (Wildman–Crippen LogP) is 4.90. The molecular weight excluding hydrogens is 292 g/mol. The summed E-state index contributed by atoms with van der Waals surface area (Å²) >= 11 is 5.96. The summed E-state index contributed by atoms with van der Waals surface area (Å²) in [7, 11) is 0. The molecule has 21 heavy (non-hydrogen) atoms. The molecule has 0 aliphatic carbocycles. The summed E-state index contributed by atoms with van der Waals surface area (Å²) in [5.74, 6) is -1.60. The molecule has 1 N–H and O–H groups in total. The van der Waals surface area contributed by atoms with Crippen LogP contribution in [0.2, 0.25) is 5.02 Å². The first kappa shape index (κ1) is 15.9. The van der Waals surface area contributed by atoms with Crippen LogP contribution in [0.3, 0.4) is 0 Å². The van der Waals surface area contributed by atoms with E-state index in [9.17, 15) is 8.78 Å². The zero-order chi connectivity index (χ0) is 15.4. The molecule has 0 aromatic heterocycles. The standard InChI is InChI=1S/C17H18ClF2N/c1-11(9-13-5-3-6-14(18)10-13)21-12(2)15-7-4-8-16(19)17(15)20/h3-8,10-12,21H,9H2,1-2H3. The molecular formula is C17H18ClF2N. The first-order valence-electron chi connectivity index (χ1n) is 6.91. The van der Waals surface area contributed by atoms with Crippen molar-refractivity contribution in [2.75, 3.05) is 0 Å². The molecule has 0 amide bonds. The summed E-state index contributed by atoms with van der Waals surface area (Å²) in [6.07, 6.45) is 0.766. The van der Waals surface area contributed by atoms with Gasteiger partial charge in [0.25, 0.3) is 0 Å². The molecule has 0 spiro atoms. The smallest absolute Gasteiger partial charge is 0.163 e. The first-order valence-corrected chi connectivity index (χ1v) is 7.29. The Hall–Kier alpha value is -1.45. The van der Waals surface area contributed by atoms with Crippen LogP contribution >= 0.6 is 11.6 Å². The number of rotatable bonds is 5. The number of hydrogen-bond acceptors (Lipinski definition) is 1. The highest BCUT2D eigenvalue weighted by atomic mass is 35.5. The summed E-state index contributed by atoms with van der Waals surface area (Å²) in [6, 6.07) is 11.7. The summed E-state index contributed by atoms with van der Waals surface area (Å²) in [5, 5.41) is 3.98. The van der Waals surface area contributed by atoms with E-state index < -0.39 is 11.6 Å². The van der Waals surface area contributed by atoms with Crippen molar-refractivity contribution in [2.24, 2.45) is 0 Å². The normalized spacial score (nSPS) is 14.0. The average Bonchev–Trinajstić information content (AvgIpc) is 2.41. The van der Waals surface area contributed by atoms with E-state index in [4.69, 9.17) is 11.6 Å². The monoisotopic (exact) mass is 309 g/mol. The Morgan fingerprint density at radius 3 is 2.52 bits per heavy atom. The number of hydrogen-bond donors (Lipinski definition) is 1. The number of benzene rings is 2. The molecule has 0 heterocycles. The van der Waals surface area contributed by atoms with Crippen molar-refractivity contribution in [1.82, 2.24) is 5.32 Å². The van der Waals surface area contributed by atoms with Gasteiger partial charge in [0.15, 0.2) is 11.6 Å². The maximum absolute atomic E-state index is 13.7. The van der Waals surface area contributed by atoms with Crippen LogP contribution in [-0.2, 0) is 6.42 Å². The molecule has 0 radical (unpaired) electrons. The molecule has 1 nitrogen and oxygen atoms in total. The van der Waals surface area contributed by atoms with E-state index in [0.717, 1.165) is 18.1 Å². The van der Waals surface area contributed by atoms with Gasteiger partial charge in [0.2, 0.25) is 0 Å². The minimum atomic E-state index is -0.816. The Bertz CT molecular complexity index is 615. The predicted molar refractivity (Wildman–Crippen MR) is 82.5 cm³/mol. The van der Waals surface area contributed by atoms with Crippen LogP contribution in [0.15, 0.2) is 42.5 Å². The van der Waals surface area contributed by atoms with Gasteiger partial charge in [0.05, 0.1) is 0 Å². The Kier molecular flexibility index (Phi) is 5.32. The van der Waals surface area contributed by atoms with Gasteiger partial charge in [-0.25, -0.2) is 8.78 Å². The maximum Gasteiger partial charge on any atom is 0.163 e. The van der Waals surface area contributed by atoms with E-state index >= 15 is 0 Å². The van der Waals surface area contributed by atoms with Gasteiger partial charge in [-0.05, 0) is 44.0 Å². The van der Waals surface area contributed by atoms with Crippen molar-refractivity contribution in [2.45, 2.75) is 32.4 Å². The zero-order valence-electron chi connectivity index (χ0n) is 12.0. The van der Waals surface area contributed by atoms with Crippen LogP contribution in [0.4, 0.5) is 8.78 Å². The van der Waals surface area contributed by atoms with Crippen LogP contribution in [0.25, 0.3) is 0 Å². The van der Waals surface area contributed by atoms with Crippen LogP contribution in [0, 0.1) is 11.6 Å². The van der Waals surface area contributed by atoms with Gasteiger partial charge in [0, 0.05) is 22.7 Å². The fraction of sp³-hybridized carbons (Fsp3) is 0.294. The van der Waals surface area contributed by atoms with Crippen molar-refractivity contribution in [3.05, 3.63) is 70.2 Å². The number of halogens is 3. The largest absolute Gasteiger partial charge is 0.307 e. The molecule has 0 fully saturated rings. The van der Waals surface area contributed by atoms with Gasteiger partial charge >= 0.3 is 0 Å². The Labute approximate surface area is 128 Å². The highest BCUT2D eigenvalue weighted by Gasteiger charge is 2.16. The quantitative estimate of drug-likeness (QED) is 0.828. The molecule has 0 saturated carbocycles. The summed E-state index contributed by atoms with van der Waals surface area (Å²) in [5.41, 5.74) is 1.45. The lowest BCUT2D eigenvalue weighted by atomic mass is 10.0. The van der Waals surface area contributed by atoms with Crippen molar-refractivity contribution >= 4 is 11.6 Å². The lowest BCUT2D eigenvalue weighted by Crippen LogP contribution is -2.31. The fourth-order valence-corrected chi connectivity index (χ4v) is 2.66. The third-order valence-electron chi connectivity index (χ3n) is 3.41. The second kappa shape index (κ2) is 7.01. The lowest BCUT2D eigenvalue weighted by Gasteiger charge is -2.21. The Balaban J connectivity index is 2.02. The van der Waals surface area contributed by atoms with Gasteiger partial charge in [0.1, 0.15) is 0 Å².